The first kappa shape index (κ1) is 26.4. The Hall–Kier alpha value is -3.19. The van der Waals surface area contributed by atoms with Crippen LogP contribution in [0.15, 0.2) is 29.2 Å². The molecular formula is C25H31F3N6O4. The molecule has 2 aromatic heterocycles. The number of aromatic nitrogens is 3. The van der Waals surface area contributed by atoms with E-state index in [1.807, 2.05) is 23.6 Å². The van der Waals surface area contributed by atoms with Crippen LogP contribution < -0.4 is 20.3 Å². The number of halogens is 3. The normalized spacial score (nSPS) is 24.3. The number of nitrogens with zero attached hydrogens (tertiary/aromatic N) is 6. The fraction of sp³-hybridized carbons (Fsp3) is 0.600. The predicted molar refractivity (Wildman–Crippen MR) is 134 cm³/mol. The molecule has 2 fully saturated rings. The van der Waals surface area contributed by atoms with Crippen molar-refractivity contribution in [2.75, 3.05) is 60.8 Å². The SMILES string of the molecule is C[C@@H]1COCCN1c1cc(C(=O)CN2c3nc(N4CCOC[C@H]4C)cc(=O)n3CC[C@H]2C(F)(F)F)ccn1. The highest BCUT2D eigenvalue weighted by molar-refractivity contribution is 5.99. The summed E-state index contributed by atoms with van der Waals surface area (Å²) in [5, 5.41) is 0. The lowest BCUT2D eigenvalue weighted by molar-refractivity contribution is -0.152. The Labute approximate surface area is 218 Å². The maximum atomic E-state index is 14.2. The zero-order valence-corrected chi connectivity index (χ0v) is 21.4. The van der Waals surface area contributed by atoms with Gasteiger partial charge in [-0.25, -0.2) is 4.98 Å². The van der Waals surface area contributed by atoms with Crippen LogP contribution in [0, 0.1) is 0 Å². The average molecular weight is 537 g/mol. The molecule has 0 amide bonds. The molecule has 5 heterocycles. The molecule has 3 atom stereocenters. The van der Waals surface area contributed by atoms with E-state index in [0.717, 1.165) is 4.90 Å². The van der Waals surface area contributed by atoms with Gasteiger partial charge in [0.25, 0.3) is 5.56 Å². The van der Waals surface area contributed by atoms with E-state index < -0.39 is 30.1 Å². The van der Waals surface area contributed by atoms with Crippen LogP contribution in [0.5, 0.6) is 0 Å². The molecule has 2 saturated heterocycles. The maximum absolute atomic E-state index is 14.2. The minimum atomic E-state index is -4.61. The van der Waals surface area contributed by atoms with E-state index in [-0.39, 0.29) is 42.4 Å². The van der Waals surface area contributed by atoms with Crippen LogP contribution in [-0.2, 0) is 16.0 Å². The molecule has 38 heavy (non-hydrogen) atoms. The van der Waals surface area contributed by atoms with Crippen LogP contribution in [0.3, 0.4) is 0 Å². The predicted octanol–water partition coefficient (Wildman–Crippen LogP) is 2.11. The molecule has 0 radical (unpaired) electrons. The summed E-state index contributed by atoms with van der Waals surface area (Å²) >= 11 is 0. The van der Waals surface area contributed by atoms with E-state index in [0.29, 0.717) is 45.3 Å². The number of Topliss-reactive ketones (excluding diaryl/α,β-unsaturated/α-hetero) is 1. The summed E-state index contributed by atoms with van der Waals surface area (Å²) in [6, 6.07) is 2.43. The second kappa shape index (κ2) is 10.5. The fourth-order valence-corrected chi connectivity index (χ4v) is 5.26. The first-order valence-corrected chi connectivity index (χ1v) is 12.8. The molecule has 0 aliphatic carbocycles. The summed E-state index contributed by atoms with van der Waals surface area (Å²) in [5.74, 6) is 0.182. The molecule has 5 rings (SSSR count). The largest absolute Gasteiger partial charge is 0.408 e. The summed E-state index contributed by atoms with van der Waals surface area (Å²) in [7, 11) is 0. The zero-order chi connectivity index (χ0) is 27.0. The molecule has 13 heteroatoms. The van der Waals surface area contributed by atoms with Crippen LogP contribution in [0.2, 0.25) is 0 Å². The van der Waals surface area contributed by atoms with Gasteiger partial charge in [0.15, 0.2) is 5.78 Å². The lowest BCUT2D eigenvalue weighted by atomic mass is 10.1. The number of carbonyl (C=O) groups excluding carboxylic acids is 1. The first-order valence-electron chi connectivity index (χ1n) is 12.8. The van der Waals surface area contributed by atoms with Crippen molar-refractivity contribution < 1.29 is 27.4 Å². The van der Waals surface area contributed by atoms with Gasteiger partial charge in [0.05, 0.1) is 45.1 Å². The van der Waals surface area contributed by atoms with Gasteiger partial charge in [-0.15, -0.1) is 0 Å². The average Bonchev–Trinajstić information content (AvgIpc) is 2.89. The van der Waals surface area contributed by atoms with E-state index >= 15 is 0 Å². The van der Waals surface area contributed by atoms with Gasteiger partial charge >= 0.3 is 6.18 Å². The molecule has 0 saturated carbocycles. The molecule has 0 spiro atoms. The molecule has 3 aliphatic rings. The van der Waals surface area contributed by atoms with Crippen molar-refractivity contribution in [2.24, 2.45) is 0 Å². The number of pyridine rings is 1. The summed E-state index contributed by atoms with van der Waals surface area (Å²) in [5.41, 5.74) is -0.207. The minimum absolute atomic E-state index is 0.0438. The second-order valence-electron chi connectivity index (χ2n) is 9.94. The van der Waals surface area contributed by atoms with Crippen molar-refractivity contribution in [3.8, 4) is 0 Å². The van der Waals surface area contributed by atoms with Gasteiger partial charge in [-0.1, -0.05) is 0 Å². The maximum Gasteiger partial charge on any atom is 0.408 e. The number of ether oxygens (including phenoxy) is 2. The second-order valence-corrected chi connectivity index (χ2v) is 9.94. The zero-order valence-electron chi connectivity index (χ0n) is 21.4. The van der Waals surface area contributed by atoms with Crippen molar-refractivity contribution in [3.05, 3.63) is 40.3 Å². The van der Waals surface area contributed by atoms with Crippen molar-refractivity contribution in [1.29, 1.82) is 0 Å². The number of fused-ring (bicyclic) bond motifs is 1. The number of ketones is 1. The number of hydrogen-bond donors (Lipinski definition) is 0. The van der Waals surface area contributed by atoms with Gasteiger partial charge in [0.1, 0.15) is 17.7 Å². The third-order valence-corrected chi connectivity index (χ3v) is 7.32. The standard InChI is InChI=1S/C25H31F3N6O4/c1-16-14-37-9-7-31(16)21-11-18(3-5-29-21)19(35)13-34-20(25(26,27)28)4-6-33-23(36)12-22(30-24(33)34)32-8-10-38-15-17(32)2/h3,5,11-12,16-17,20H,4,6-10,13-15H2,1-2H3/t16-,17-,20+/m1/s1. The molecule has 0 unspecified atom stereocenters. The first-order chi connectivity index (χ1) is 18.1. The van der Waals surface area contributed by atoms with Gasteiger partial charge < -0.3 is 24.2 Å². The fourth-order valence-electron chi connectivity index (χ4n) is 5.26. The van der Waals surface area contributed by atoms with Crippen LogP contribution in [0.25, 0.3) is 0 Å². The minimum Gasteiger partial charge on any atom is -0.377 e. The van der Waals surface area contributed by atoms with Crippen molar-refractivity contribution in [3.63, 3.8) is 0 Å². The Morgan fingerprint density at radius 2 is 1.68 bits per heavy atom. The van der Waals surface area contributed by atoms with Gasteiger partial charge in [-0.2, -0.15) is 18.2 Å². The highest BCUT2D eigenvalue weighted by atomic mass is 19.4. The van der Waals surface area contributed by atoms with Gasteiger partial charge in [0.2, 0.25) is 5.95 Å². The van der Waals surface area contributed by atoms with E-state index in [9.17, 15) is 22.8 Å². The van der Waals surface area contributed by atoms with Crippen LogP contribution in [0.4, 0.5) is 30.8 Å². The molecular weight excluding hydrogens is 505 g/mol. The Morgan fingerprint density at radius 1 is 1.03 bits per heavy atom. The highest BCUT2D eigenvalue weighted by Crippen LogP contribution is 2.34. The number of hydrogen-bond acceptors (Lipinski definition) is 9. The molecule has 0 aromatic carbocycles. The summed E-state index contributed by atoms with van der Waals surface area (Å²) in [6.07, 6.45) is -3.49. The van der Waals surface area contributed by atoms with Crippen molar-refractivity contribution in [2.45, 2.75) is 51.1 Å². The Balaban J connectivity index is 1.48. The summed E-state index contributed by atoms with van der Waals surface area (Å²) < 4.78 is 54.7. The molecule has 0 N–H and O–H groups in total. The van der Waals surface area contributed by atoms with Crippen molar-refractivity contribution >= 4 is 23.4 Å². The third kappa shape index (κ3) is 5.21. The molecule has 2 aromatic rings. The molecule has 10 nitrogen and oxygen atoms in total. The van der Waals surface area contributed by atoms with Gasteiger partial charge in [0, 0.05) is 37.5 Å². The quantitative estimate of drug-likeness (QED) is 0.533. The molecule has 206 valence electrons. The van der Waals surface area contributed by atoms with E-state index in [2.05, 4.69) is 9.97 Å². The lowest BCUT2D eigenvalue weighted by Crippen LogP contribution is -2.54. The van der Waals surface area contributed by atoms with E-state index in [4.69, 9.17) is 9.47 Å². The van der Waals surface area contributed by atoms with Crippen LogP contribution in [0.1, 0.15) is 30.6 Å². The van der Waals surface area contributed by atoms with Crippen LogP contribution in [-0.4, -0.2) is 90.7 Å². The highest BCUT2D eigenvalue weighted by Gasteiger charge is 2.47. The van der Waals surface area contributed by atoms with Gasteiger partial charge in [-0.05, 0) is 32.4 Å². The monoisotopic (exact) mass is 536 g/mol. The number of anilines is 3. The molecule has 3 aliphatic heterocycles. The van der Waals surface area contributed by atoms with E-state index in [1.54, 1.807) is 6.07 Å². The topological polar surface area (TPSA) is 93.0 Å². The Kier molecular flexibility index (Phi) is 7.32. The summed E-state index contributed by atoms with van der Waals surface area (Å²) in [4.78, 5) is 40.1. The Morgan fingerprint density at radius 3 is 2.32 bits per heavy atom. The third-order valence-electron chi connectivity index (χ3n) is 7.32. The van der Waals surface area contributed by atoms with E-state index in [1.165, 1.54) is 22.9 Å². The van der Waals surface area contributed by atoms with Crippen molar-refractivity contribution in [1.82, 2.24) is 14.5 Å². The number of carbonyl (C=O) groups is 1. The smallest absolute Gasteiger partial charge is 0.377 e. The Bertz CT molecular complexity index is 1240. The number of alkyl halides is 3. The lowest BCUT2D eigenvalue weighted by Gasteiger charge is -2.40. The molecule has 0 bridgehead atoms. The number of morpholine rings is 2. The van der Waals surface area contributed by atoms with Crippen LogP contribution >= 0.6 is 0 Å². The summed E-state index contributed by atoms with van der Waals surface area (Å²) in [6.45, 7) is 6.08. The van der Waals surface area contributed by atoms with Gasteiger partial charge in [-0.3, -0.25) is 14.2 Å². The number of rotatable bonds is 5.